The van der Waals surface area contributed by atoms with Crippen molar-refractivity contribution in [1.82, 2.24) is 4.90 Å². The smallest absolute Gasteiger partial charge is 0.407 e. The molecule has 1 amide bonds. The minimum Gasteiger partial charge on any atom is -0.465 e. The molecule has 1 unspecified atom stereocenters. The highest BCUT2D eigenvalue weighted by Crippen LogP contribution is 2.31. The molecule has 0 radical (unpaired) electrons. The molecule has 4 nitrogen and oxygen atoms in total. The van der Waals surface area contributed by atoms with E-state index in [0.29, 0.717) is 0 Å². The van der Waals surface area contributed by atoms with Gasteiger partial charge < -0.3 is 15.7 Å². The van der Waals surface area contributed by atoms with Crippen LogP contribution < -0.4 is 5.73 Å². The lowest BCUT2D eigenvalue weighted by molar-refractivity contribution is 0.0704. The molecule has 1 aliphatic heterocycles. The van der Waals surface area contributed by atoms with E-state index in [9.17, 15) is 13.6 Å². The van der Waals surface area contributed by atoms with Crippen molar-refractivity contribution in [2.45, 2.75) is 6.04 Å². The number of likely N-dealkylation sites (tertiary alicyclic amines) is 1. The molecule has 0 saturated carbocycles. The summed E-state index contributed by atoms with van der Waals surface area (Å²) in [6, 6.07) is 1.10. The van der Waals surface area contributed by atoms with Gasteiger partial charge in [0.2, 0.25) is 0 Å². The third kappa shape index (κ3) is 2.26. The van der Waals surface area contributed by atoms with Crippen molar-refractivity contribution >= 4 is 17.7 Å². The van der Waals surface area contributed by atoms with E-state index in [4.69, 9.17) is 22.4 Å². The number of rotatable bonds is 2. The molecule has 1 atom stereocenters. The van der Waals surface area contributed by atoms with Crippen LogP contribution in [-0.2, 0) is 0 Å². The molecule has 0 aliphatic carbocycles. The molecule has 1 fully saturated rings. The number of carbonyl (C=O) groups is 1. The van der Waals surface area contributed by atoms with E-state index in [2.05, 4.69) is 0 Å². The molecule has 0 spiro atoms. The predicted molar refractivity (Wildman–Crippen MR) is 61.4 cm³/mol. The maximum absolute atomic E-state index is 13.6. The average molecular weight is 277 g/mol. The summed E-state index contributed by atoms with van der Waals surface area (Å²) in [4.78, 5) is 11.7. The fourth-order valence-electron chi connectivity index (χ4n) is 1.94. The highest BCUT2D eigenvalue weighted by atomic mass is 35.5. The van der Waals surface area contributed by atoms with E-state index in [1.165, 1.54) is 0 Å². The summed E-state index contributed by atoms with van der Waals surface area (Å²) >= 11 is 5.44. The highest BCUT2D eigenvalue weighted by Gasteiger charge is 2.36. The van der Waals surface area contributed by atoms with Gasteiger partial charge in [0.1, 0.15) is 11.6 Å². The zero-order valence-corrected chi connectivity index (χ0v) is 9.99. The first-order valence-electron chi connectivity index (χ1n) is 5.28. The molecular weight excluding hydrogens is 266 g/mol. The summed E-state index contributed by atoms with van der Waals surface area (Å²) in [5, 5.41) is 8.37. The van der Waals surface area contributed by atoms with Gasteiger partial charge in [-0.25, -0.2) is 13.6 Å². The second-order valence-corrected chi connectivity index (χ2v) is 4.67. The number of hydrogen-bond acceptors (Lipinski definition) is 2. The fraction of sp³-hybridized carbons (Fsp3) is 0.364. The van der Waals surface area contributed by atoms with Crippen molar-refractivity contribution in [1.29, 1.82) is 0 Å². The topological polar surface area (TPSA) is 66.6 Å². The maximum Gasteiger partial charge on any atom is 0.407 e. The van der Waals surface area contributed by atoms with E-state index >= 15 is 0 Å². The summed E-state index contributed by atoms with van der Waals surface area (Å²) in [5.41, 5.74) is 5.83. The van der Waals surface area contributed by atoms with Crippen molar-refractivity contribution in [3.63, 3.8) is 0 Å². The van der Waals surface area contributed by atoms with E-state index in [1.54, 1.807) is 0 Å². The molecule has 98 valence electrons. The molecule has 3 N–H and O–H groups in total. The van der Waals surface area contributed by atoms with Gasteiger partial charge in [-0.2, -0.15) is 0 Å². The minimum absolute atomic E-state index is 0.0203. The lowest BCUT2D eigenvalue weighted by Crippen LogP contribution is -2.53. The Hall–Kier alpha value is -1.40. The Kier molecular flexibility index (Phi) is 3.41. The number of amides is 1. The fourth-order valence-corrected chi connectivity index (χ4v) is 2.09. The third-order valence-corrected chi connectivity index (χ3v) is 3.38. The van der Waals surface area contributed by atoms with Gasteiger partial charge in [0.25, 0.3) is 0 Å². The van der Waals surface area contributed by atoms with Crippen LogP contribution >= 0.6 is 11.6 Å². The summed E-state index contributed by atoms with van der Waals surface area (Å²) in [7, 11) is 0. The van der Waals surface area contributed by atoms with Gasteiger partial charge in [-0.3, -0.25) is 0 Å². The van der Waals surface area contributed by atoms with E-state index in [0.717, 1.165) is 17.0 Å². The SMILES string of the molecule is NC(c1cc(F)c(Cl)cc1F)C1CN(C(=O)O)C1. The van der Waals surface area contributed by atoms with Crippen LogP contribution in [0.1, 0.15) is 11.6 Å². The van der Waals surface area contributed by atoms with Gasteiger partial charge in [-0.05, 0) is 12.1 Å². The first-order valence-corrected chi connectivity index (χ1v) is 5.66. The molecular formula is C11H11ClF2N2O2. The van der Waals surface area contributed by atoms with Crippen LogP contribution in [0.3, 0.4) is 0 Å². The van der Waals surface area contributed by atoms with Crippen LogP contribution in [-0.4, -0.2) is 29.2 Å². The molecule has 1 aromatic carbocycles. The molecule has 0 bridgehead atoms. The van der Waals surface area contributed by atoms with E-state index in [1.807, 2.05) is 0 Å². The van der Waals surface area contributed by atoms with Crippen molar-refractivity contribution in [2.75, 3.05) is 13.1 Å². The van der Waals surface area contributed by atoms with Crippen LogP contribution in [0.5, 0.6) is 0 Å². The minimum atomic E-state index is -1.04. The maximum atomic E-state index is 13.6. The molecule has 1 heterocycles. The Morgan fingerprint density at radius 1 is 1.44 bits per heavy atom. The van der Waals surface area contributed by atoms with Crippen LogP contribution in [0.2, 0.25) is 5.02 Å². The van der Waals surface area contributed by atoms with Gasteiger partial charge in [0, 0.05) is 30.6 Å². The van der Waals surface area contributed by atoms with Crippen molar-refractivity contribution in [3.05, 3.63) is 34.4 Å². The van der Waals surface area contributed by atoms with Crippen LogP contribution in [0, 0.1) is 17.6 Å². The number of nitrogens with zero attached hydrogens (tertiary/aromatic N) is 1. The Morgan fingerprint density at radius 2 is 2.06 bits per heavy atom. The van der Waals surface area contributed by atoms with Crippen LogP contribution in [0.25, 0.3) is 0 Å². The lowest BCUT2D eigenvalue weighted by Gasteiger charge is -2.40. The van der Waals surface area contributed by atoms with Gasteiger partial charge in [0.05, 0.1) is 5.02 Å². The molecule has 2 rings (SSSR count). The Labute approximate surface area is 107 Å². The first-order chi connectivity index (χ1) is 8.40. The molecule has 7 heteroatoms. The summed E-state index contributed by atoms with van der Waals surface area (Å²) in [5.74, 6) is -1.63. The normalized spacial score (nSPS) is 17.4. The zero-order valence-electron chi connectivity index (χ0n) is 9.24. The Bertz CT molecular complexity index is 492. The van der Waals surface area contributed by atoms with E-state index < -0.39 is 23.8 Å². The molecule has 18 heavy (non-hydrogen) atoms. The summed E-state index contributed by atoms with van der Waals surface area (Å²) < 4.78 is 26.8. The zero-order chi connectivity index (χ0) is 13.4. The van der Waals surface area contributed by atoms with Crippen molar-refractivity contribution < 1.29 is 18.7 Å². The van der Waals surface area contributed by atoms with Crippen LogP contribution in [0.15, 0.2) is 12.1 Å². The molecule has 1 saturated heterocycles. The summed E-state index contributed by atoms with van der Waals surface area (Å²) in [6.07, 6.45) is -1.04. The third-order valence-electron chi connectivity index (χ3n) is 3.09. The average Bonchev–Trinajstić information content (AvgIpc) is 2.20. The van der Waals surface area contributed by atoms with Crippen molar-refractivity contribution in [2.24, 2.45) is 11.7 Å². The predicted octanol–water partition coefficient (Wildman–Crippen LogP) is 2.23. The number of halogens is 3. The molecule has 1 aliphatic rings. The number of carboxylic acid groups (broad SMARTS) is 1. The number of hydrogen-bond donors (Lipinski definition) is 2. The van der Waals surface area contributed by atoms with E-state index in [-0.39, 0.29) is 29.6 Å². The monoisotopic (exact) mass is 276 g/mol. The van der Waals surface area contributed by atoms with Gasteiger partial charge in [-0.15, -0.1) is 0 Å². The second kappa shape index (κ2) is 4.70. The van der Waals surface area contributed by atoms with Gasteiger partial charge in [-0.1, -0.05) is 11.6 Å². The molecule has 0 aromatic heterocycles. The highest BCUT2D eigenvalue weighted by molar-refractivity contribution is 6.30. The summed E-state index contributed by atoms with van der Waals surface area (Å²) in [6.45, 7) is 0.445. The lowest BCUT2D eigenvalue weighted by atomic mass is 9.87. The molecule has 1 aromatic rings. The van der Waals surface area contributed by atoms with Gasteiger partial charge >= 0.3 is 6.09 Å². The van der Waals surface area contributed by atoms with Gasteiger partial charge in [0.15, 0.2) is 0 Å². The number of nitrogens with two attached hydrogens (primary N) is 1. The van der Waals surface area contributed by atoms with Crippen molar-refractivity contribution in [3.8, 4) is 0 Å². The number of benzene rings is 1. The quantitative estimate of drug-likeness (QED) is 0.814. The Balaban J connectivity index is 2.13. The standard InChI is InChI=1S/C11H11ClF2N2O2/c12-7-2-8(13)6(1-9(7)14)10(15)5-3-16(4-5)11(17)18/h1-2,5,10H,3-4,15H2,(H,17,18). The van der Waals surface area contributed by atoms with Crippen LogP contribution in [0.4, 0.5) is 13.6 Å². The Morgan fingerprint density at radius 3 is 2.61 bits per heavy atom. The largest absolute Gasteiger partial charge is 0.465 e. The first kappa shape index (κ1) is 13.0. The second-order valence-electron chi connectivity index (χ2n) is 4.26.